The highest BCUT2D eigenvalue weighted by atomic mass is 19.4. The Hall–Kier alpha value is -7.22. The van der Waals surface area contributed by atoms with Crippen molar-refractivity contribution in [2.75, 3.05) is 0 Å². The van der Waals surface area contributed by atoms with Gasteiger partial charge in [-0.25, -0.2) is 0 Å². The molecule has 7 rings (SSSR count). The number of aromatic nitrogens is 1. The predicted molar refractivity (Wildman–Crippen MR) is 308 cm³/mol. The second kappa shape index (κ2) is 30.7. The van der Waals surface area contributed by atoms with Crippen molar-refractivity contribution < 1.29 is 115 Å². The minimum Gasteiger partial charge on any atom is -0.287 e. The Morgan fingerprint density at radius 1 is 0.330 bits per heavy atom. The lowest BCUT2D eigenvalue weighted by atomic mass is 9.12. The first-order chi connectivity index (χ1) is 43.5. The van der Waals surface area contributed by atoms with Crippen molar-refractivity contribution in [3.63, 3.8) is 0 Å². The summed E-state index contributed by atoms with van der Waals surface area (Å²) >= 11 is 0. The summed E-state index contributed by atoms with van der Waals surface area (Å²) in [6.45, 7) is 2.67. The molecule has 0 aliphatic heterocycles. The van der Waals surface area contributed by atoms with Crippen LogP contribution in [0.3, 0.4) is 0 Å². The molecule has 1 heterocycles. The standard InChI is InChI=1S/C35H50NO.C32H12BF24/c1-2-3-4-5-6-7-8-9-10-11-12-13-14-15-16-17-21-31-25-27-33(28-26-31)35(37)30-36-29-20-23-32-22-18-19-24-34(32)36;34-25(35,36)13-1-14(26(37,38)39)6-21(5-13)33(22-7-15(27(40,41)42)2-16(8-22)28(43,44)45,23-9-17(29(46,47)48)3-18(10-23)30(49,50)51)24-11-19(31(52,53)54)4-20(12-24)32(55,56)57/h18-20,22-29H,2-17,21,30H2,1H3;1-12H/q+1;-1. The van der Waals surface area contributed by atoms with E-state index in [1.807, 2.05) is 41.1 Å². The number of para-hydroxylation sites is 1. The fourth-order valence-corrected chi connectivity index (χ4v) is 11.4. The Balaban J connectivity index is 0.000000326. The Labute approximate surface area is 525 Å². The van der Waals surface area contributed by atoms with Gasteiger partial charge in [-0.05, 0) is 54.8 Å². The lowest BCUT2D eigenvalue weighted by Crippen LogP contribution is -2.75. The van der Waals surface area contributed by atoms with Gasteiger partial charge in [0.05, 0.1) is 44.5 Å². The SMILES string of the molecule is CCCCCCCCCCCCCCCCCCc1ccc(C(=O)C[n+]2cccc3ccccc32)cc1.FC(F)(F)c1cc([B-](c2cc(C(F)(F)F)cc(C(F)(F)F)c2)(c2cc(C(F)(F)F)cc(C(F)(F)F)c2)c2cc(C(F)(F)F)cc(C(F)(F)F)c2)cc(C(F)(F)F)c1. The van der Waals surface area contributed by atoms with Crippen molar-refractivity contribution in [3.8, 4) is 0 Å². The van der Waals surface area contributed by atoms with Crippen LogP contribution < -0.4 is 26.4 Å². The Kier molecular flexibility index (Phi) is 24.7. The van der Waals surface area contributed by atoms with Crippen LogP contribution in [-0.4, -0.2) is 11.9 Å². The summed E-state index contributed by atoms with van der Waals surface area (Å²) in [6.07, 6.45) is -29.2. The van der Waals surface area contributed by atoms with E-state index in [0.717, 1.165) is 22.9 Å². The van der Waals surface area contributed by atoms with E-state index in [2.05, 4.69) is 37.3 Å². The minimum atomic E-state index is -6.13. The number of alkyl halides is 24. The van der Waals surface area contributed by atoms with Crippen LogP contribution in [-0.2, 0) is 62.4 Å². The van der Waals surface area contributed by atoms with E-state index < -0.39 is 195 Å². The molecular formula is C67H62BF24NO. The van der Waals surface area contributed by atoms with Gasteiger partial charge in [-0.1, -0.05) is 188 Å². The lowest BCUT2D eigenvalue weighted by Gasteiger charge is -2.46. The number of rotatable bonds is 24. The molecule has 0 N–H and O–H groups in total. The summed E-state index contributed by atoms with van der Waals surface area (Å²) in [5.41, 5.74) is -27.0. The molecule has 0 unspecified atom stereocenters. The second-order valence-corrected chi connectivity index (χ2v) is 23.1. The summed E-state index contributed by atoms with van der Waals surface area (Å²) in [5.74, 6) is 0.162. The summed E-state index contributed by atoms with van der Waals surface area (Å²) < 4.78 is 343. The summed E-state index contributed by atoms with van der Waals surface area (Å²) in [7, 11) is 0. The number of ketones is 1. The molecule has 0 radical (unpaired) electrons. The van der Waals surface area contributed by atoms with E-state index in [0.29, 0.717) is 6.54 Å². The molecule has 6 aromatic carbocycles. The van der Waals surface area contributed by atoms with Crippen LogP contribution >= 0.6 is 0 Å². The number of hydrogen-bond acceptors (Lipinski definition) is 1. The van der Waals surface area contributed by atoms with Gasteiger partial charge in [0.2, 0.25) is 17.8 Å². The number of hydrogen-bond donors (Lipinski definition) is 0. The fourth-order valence-electron chi connectivity index (χ4n) is 11.4. The number of carbonyl (C=O) groups is 1. The van der Waals surface area contributed by atoms with Crippen LogP contribution in [0, 0.1) is 0 Å². The number of halogens is 24. The molecule has 2 nitrogen and oxygen atoms in total. The van der Waals surface area contributed by atoms with Gasteiger partial charge in [0.15, 0.2) is 6.20 Å². The third-order valence-corrected chi connectivity index (χ3v) is 16.1. The molecule has 94 heavy (non-hydrogen) atoms. The van der Waals surface area contributed by atoms with E-state index in [1.54, 1.807) is 0 Å². The summed E-state index contributed by atoms with van der Waals surface area (Å²) in [6, 6.07) is 11.8. The number of Topliss-reactive ketones (excluding diaryl/α,β-unsaturated/α-hetero) is 1. The van der Waals surface area contributed by atoms with Gasteiger partial charge < -0.3 is 0 Å². The number of unbranched alkanes of at least 4 members (excludes halogenated alkanes) is 15. The molecule has 7 aromatic rings. The van der Waals surface area contributed by atoms with Crippen molar-refractivity contribution >= 4 is 44.7 Å². The highest BCUT2D eigenvalue weighted by molar-refractivity contribution is 7.20. The maximum Gasteiger partial charge on any atom is 0.416 e. The zero-order valence-corrected chi connectivity index (χ0v) is 50.0. The zero-order valence-electron chi connectivity index (χ0n) is 50.0. The molecule has 0 fully saturated rings. The molecule has 27 heteroatoms. The molecule has 0 bridgehead atoms. The van der Waals surface area contributed by atoms with Crippen molar-refractivity contribution in [1.82, 2.24) is 0 Å². The van der Waals surface area contributed by atoms with Gasteiger partial charge in [0, 0.05) is 23.1 Å². The second-order valence-electron chi connectivity index (χ2n) is 23.1. The molecule has 1 aromatic heterocycles. The highest BCUT2D eigenvalue weighted by Gasteiger charge is 2.47. The first-order valence-electron chi connectivity index (χ1n) is 29.9. The normalized spacial score (nSPS) is 13.1. The molecule has 0 saturated carbocycles. The van der Waals surface area contributed by atoms with Gasteiger partial charge in [0.25, 0.3) is 0 Å². The fraction of sp³-hybridized carbons (Fsp3) is 0.403. The number of carbonyl (C=O) groups excluding carboxylic acids is 1. The summed E-state index contributed by atoms with van der Waals surface area (Å²) in [5, 5.41) is 1.16. The van der Waals surface area contributed by atoms with Crippen molar-refractivity contribution in [2.45, 2.75) is 172 Å². The predicted octanol–water partition coefficient (Wildman–Crippen LogP) is 21.0. The van der Waals surface area contributed by atoms with Crippen LogP contribution in [0.5, 0.6) is 0 Å². The van der Waals surface area contributed by atoms with Crippen LogP contribution in [0.2, 0.25) is 0 Å². The monoisotopic (exact) mass is 1360 g/mol. The van der Waals surface area contributed by atoms with Gasteiger partial charge in [0.1, 0.15) is 6.15 Å². The quantitative estimate of drug-likeness (QED) is 0.0194. The van der Waals surface area contributed by atoms with Crippen molar-refractivity contribution in [3.05, 3.63) is 195 Å². The van der Waals surface area contributed by atoms with E-state index >= 15 is 0 Å². The van der Waals surface area contributed by atoms with Gasteiger partial charge in [-0.3, -0.25) is 4.79 Å². The average Bonchev–Trinajstić information content (AvgIpc) is 0.709. The molecular weight excluding hydrogens is 1300 g/mol. The number of nitrogens with zero attached hydrogens (tertiary/aromatic N) is 1. The lowest BCUT2D eigenvalue weighted by molar-refractivity contribution is -0.657. The Morgan fingerprint density at radius 2 is 0.596 bits per heavy atom. The maximum atomic E-state index is 14.2. The van der Waals surface area contributed by atoms with Crippen LogP contribution in [0.4, 0.5) is 105 Å². The van der Waals surface area contributed by atoms with Crippen LogP contribution in [0.15, 0.2) is 140 Å². The average molecular weight is 1360 g/mol. The summed E-state index contributed by atoms with van der Waals surface area (Å²) in [4.78, 5) is 12.9. The van der Waals surface area contributed by atoms with Crippen molar-refractivity contribution in [2.24, 2.45) is 0 Å². The smallest absolute Gasteiger partial charge is 0.287 e. The topological polar surface area (TPSA) is 20.9 Å². The molecule has 0 amide bonds. The Morgan fingerprint density at radius 3 is 0.883 bits per heavy atom. The van der Waals surface area contributed by atoms with Crippen LogP contribution in [0.1, 0.15) is 170 Å². The van der Waals surface area contributed by atoms with E-state index in [1.165, 1.54) is 108 Å². The van der Waals surface area contributed by atoms with E-state index in [4.69, 9.17) is 0 Å². The maximum absolute atomic E-state index is 14.2. The molecule has 0 atom stereocenters. The van der Waals surface area contributed by atoms with E-state index in [9.17, 15) is 110 Å². The number of aryl methyl sites for hydroxylation is 1. The third-order valence-electron chi connectivity index (χ3n) is 16.1. The number of pyridine rings is 1. The van der Waals surface area contributed by atoms with Gasteiger partial charge >= 0.3 is 49.4 Å². The molecule has 0 aliphatic carbocycles. The molecule has 0 saturated heterocycles. The van der Waals surface area contributed by atoms with Crippen molar-refractivity contribution in [1.29, 1.82) is 0 Å². The van der Waals surface area contributed by atoms with Gasteiger partial charge in [-0.2, -0.15) is 132 Å². The molecule has 0 aliphatic rings. The third kappa shape index (κ3) is 20.6. The zero-order chi connectivity index (χ0) is 69.9. The Bertz CT molecular complexity index is 3180. The number of benzene rings is 6. The minimum absolute atomic E-state index is 0.162. The largest absolute Gasteiger partial charge is 0.416 e. The molecule has 0 spiro atoms. The van der Waals surface area contributed by atoms with E-state index in [-0.39, 0.29) is 5.78 Å². The molecule has 512 valence electrons. The highest BCUT2D eigenvalue weighted by Crippen LogP contribution is 2.42. The first-order valence-corrected chi connectivity index (χ1v) is 29.9. The number of fused-ring (bicyclic) bond motifs is 1. The van der Waals surface area contributed by atoms with Gasteiger partial charge in [-0.15, -0.1) is 0 Å². The van der Waals surface area contributed by atoms with Crippen LogP contribution in [0.25, 0.3) is 10.9 Å². The first kappa shape index (κ1) is 75.8.